The highest BCUT2D eigenvalue weighted by Crippen LogP contribution is 2.41. The molecule has 0 bridgehead atoms. The maximum atomic E-state index is 6.40. The van der Waals surface area contributed by atoms with E-state index in [0.717, 1.165) is 6.54 Å². The molecule has 3 rings (SSSR count). The van der Waals surface area contributed by atoms with Crippen LogP contribution in [0, 0.1) is 0 Å². The van der Waals surface area contributed by atoms with Crippen LogP contribution in [-0.4, -0.2) is 18.2 Å². The standard InChI is InChI=1S/C16H25NOS/c1-13(14-6-10-19-12-14)17-11-15-5-9-16(18-15)7-3-2-4-8-16/h6,10,12-13,15,17H,2-5,7-9,11H2,1H3. The second kappa shape index (κ2) is 5.94. The van der Waals surface area contributed by atoms with Crippen molar-refractivity contribution in [1.82, 2.24) is 5.32 Å². The van der Waals surface area contributed by atoms with Crippen molar-refractivity contribution in [1.29, 1.82) is 0 Å². The van der Waals surface area contributed by atoms with Gasteiger partial charge < -0.3 is 10.1 Å². The van der Waals surface area contributed by atoms with Crippen molar-refractivity contribution in [3.05, 3.63) is 22.4 Å². The molecule has 1 spiro atoms. The second-order valence-electron chi connectivity index (χ2n) is 6.21. The molecule has 0 amide bonds. The lowest BCUT2D eigenvalue weighted by Gasteiger charge is -2.33. The topological polar surface area (TPSA) is 21.3 Å². The van der Waals surface area contributed by atoms with Gasteiger partial charge in [-0.05, 0) is 55.0 Å². The maximum Gasteiger partial charge on any atom is 0.0708 e. The summed E-state index contributed by atoms with van der Waals surface area (Å²) in [6.45, 7) is 3.24. The molecule has 0 radical (unpaired) electrons. The van der Waals surface area contributed by atoms with E-state index in [1.165, 1.54) is 50.5 Å². The van der Waals surface area contributed by atoms with Gasteiger partial charge in [0.15, 0.2) is 0 Å². The van der Waals surface area contributed by atoms with E-state index in [2.05, 4.69) is 29.1 Å². The third-order valence-corrected chi connectivity index (χ3v) is 5.50. The largest absolute Gasteiger partial charge is 0.370 e. The summed E-state index contributed by atoms with van der Waals surface area (Å²) < 4.78 is 6.40. The Morgan fingerprint density at radius 1 is 1.37 bits per heavy atom. The predicted molar refractivity (Wildman–Crippen MR) is 80.7 cm³/mol. The molecular weight excluding hydrogens is 254 g/mol. The Labute approximate surface area is 120 Å². The fourth-order valence-electron chi connectivity index (χ4n) is 3.55. The molecular formula is C16H25NOS. The van der Waals surface area contributed by atoms with Crippen molar-refractivity contribution in [2.75, 3.05) is 6.54 Å². The molecule has 1 saturated carbocycles. The summed E-state index contributed by atoms with van der Waals surface area (Å²) in [7, 11) is 0. The minimum Gasteiger partial charge on any atom is -0.370 e. The van der Waals surface area contributed by atoms with E-state index in [1.807, 2.05) is 0 Å². The van der Waals surface area contributed by atoms with E-state index < -0.39 is 0 Å². The first-order chi connectivity index (χ1) is 9.27. The van der Waals surface area contributed by atoms with Gasteiger partial charge >= 0.3 is 0 Å². The Morgan fingerprint density at radius 3 is 2.95 bits per heavy atom. The van der Waals surface area contributed by atoms with Gasteiger partial charge in [0.2, 0.25) is 0 Å². The van der Waals surface area contributed by atoms with Crippen LogP contribution in [0.2, 0.25) is 0 Å². The summed E-state index contributed by atoms with van der Waals surface area (Å²) in [5, 5.41) is 8.01. The Hall–Kier alpha value is -0.380. The highest BCUT2D eigenvalue weighted by molar-refractivity contribution is 7.07. The number of ether oxygens (including phenoxy) is 1. The molecule has 2 heterocycles. The van der Waals surface area contributed by atoms with Crippen molar-refractivity contribution in [2.24, 2.45) is 0 Å². The summed E-state index contributed by atoms with van der Waals surface area (Å²) in [5.41, 5.74) is 1.66. The third-order valence-electron chi connectivity index (χ3n) is 4.80. The highest BCUT2D eigenvalue weighted by atomic mass is 32.1. The van der Waals surface area contributed by atoms with Crippen LogP contribution in [0.5, 0.6) is 0 Å². The summed E-state index contributed by atoms with van der Waals surface area (Å²) in [6.07, 6.45) is 9.68. The average molecular weight is 279 g/mol. The maximum absolute atomic E-state index is 6.40. The molecule has 1 aromatic rings. The number of hydrogen-bond acceptors (Lipinski definition) is 3. The Balaban J connectivity index is 1.47. The van der Waals surface area contributed by atoms with Gasteiger partial charge in [-0.25, -0.2) is 0 Å². The molecule has 0 aromatic carbocycles. The zero-order chi connectivity index (χ0) is 13.1. The lowest BCUT2D eigenvalue weighted by molar-refractivity contribution is -0.0628. The van der Waals surface area contributed by atoms with Gasteiger partial charge in [0.25, 0.3) is 0 Å². The summed E-state index contributed by atoms with van der Waals surface area (Å²) in [6, 6.07) is 2.65. The van der Waals surface area contributed by atoms with Gasteiger partial charge in [-0.1, -0.05) is 19.3 Å². The second-order valence-corrected chi connectivity index (χ2v) is 6.99. The molecule has 2 fully saturated rings. The van der Waals surface area contributed by atoms with Crippen LogP contribution in [-0.2, 0) is 4.74 Å². The molecule has 1 aromatic heterocycles. The van der Waals surface area contributed by atoms with Crippen molar-refractivity contribution in [3.8, 4) is 0 Å². The van der Waals surface area contributed by atoms with Crippen LogP contribution in [0.25, 0.3) is 0 Å². The number of rotatable bonds is 4. The molecule has 2 nitrogen and oxygen atoms in total. The van der Waals surface area contributed by atoms with E-state index in [4.69, 9.17) is 4.74 Å². The monoisotopic (exact) mass is 279 g/mol. The smallest absolute Gasteiger partial charge is 0.0708 e. The first-order valence-corrected chi connectivity index (χ1v) is 8.65. The van der Waals surface area contributed by atoms with Crippen molar-refractivity contribution in [2.45, 2.75) is 69.6 Å². The Morgan fingerprint density at radius 2 is 2.21 bits per heavy atom. The SMILES string of the molecule is CC(NCC1CCC2(CCCCC2)O1)c1ccsc1. The minimum absolute atomic E-state index is 0.260. The van der Waals surface area contributed by atoms with Gasteiger partial charge in [-0.3, -0.25) is 0 Å². The van der Waals surface area contributed by atoms with Crippen LogP contribution in [0.3, 0.4) is 0 Å². The van der Waals surface area contributed by atoms with Gasteiger partial charge in [-0.2, -0.15) is 11.3 Å². The van der Waals surface area contributed by atoms with Crippen LogP contribution in [0.1, 0.15) is 63.5 Å². The normalized spacial score (nSPS) is 27.7. The molecule has 1 saturated heterocycles. The Kier molecular flexibility index (Phi) is 4.25. The predicted octanol–water partition coefficient (Wildman–Crippen LogP) is 4.28. The number of hydrogen-bond donors (Lipinski definition) is 1. The lowest BCUT2D eigenvalue weighted by Crippen LogP contribution is -2.35. The van der Waals surface area contributed by atoms with E-state index >= 15 is 0 Å². The molecule has 106 valence electrons. The van der Waals surface area contributed by atoms with Crippen molar-refractivity contribution >= 4 is 11.3 Å². The summed E-state index contributed by atoms with van der Waals surface area (Å²) in [5.74, 6) is 0. The average Bonchev–Trinajstić information content (AvgIpc) is 3.08. The molecule has 3 heteroatoms. The molecule has 1 aliphatic carbocycles. The van der Waals surface area contributed by atoms with Gasteiger partial charge in [0, 0.05) is 12.6 Å². The zero-order valence-electron chi connectivity index (χ0n) is 11.9. The van der Waals surface area contributed by atoms with Crippen LogP contribution in [0.15, 0.2) is 16.8 Å². The number of thiophene rings is 1. The highest BCUT2D eigenvalue weighted by Gasteiger charge is 2.40. The molecule has 2 unspecified atom stereocenters. The van der Waals surface area contributed by atoms with Gasteiger partial charge in [0.05, 0.1) is 11.7 Å². The number of nitrogens with one attached hydrogen (secondary N) is 1. The van der Waals surface area contributed by atoms with E-state index in [1.54, 1.807) is 11.3 Å². The molecule has 2 atom stereocenters. The van der Waals surface area contributed by atoms with Crippen molar-refractivity contribution in [3.63, 3.8) is 0 Å². The Bertz CT molecular complexity index is 383. The van der Waals surface area contributed by atoms with E-state index in [-0.39, 0.29) is 5.60 Å². The molecule has 1 N–H and O–H groups in total. The lowest BCUT2D eigenvalue weighted by atomic mass is 9.83. The van der Waals surface area contributed by atoms with Gasteiger partial charge in [-0.15, -0.1) is 0 Å². The van der Waals surface area contributed by atoms with Crippen molar-refractivity contribution < 1.29 is 4.74 Å². The fraction of sp³-hybridized carbons (Fsp3) is 0.750. The van der Waals surface area contributed by atoms with E-state index in [9.17, 15) is 0 Å². The summed E-state index contributed by atoms with van der Waals surface area (Å²) in [4.78, 5) is 0. The molecule has 1 aliphatic heterocycles. The molecule has 19 heavy (non-hydrogen) atoms. The fourth-order valence-corrected chi connectivity index (χ4v) is 4.30. The minimum atomic E-state index is 0.260. The first kappa shape index (κ1) is 13.6. The van der Waals surface area contributed by atoms with Gasteiger partial charge in [0.1, 0.15) is 0 Å². The molecule has 2 aliphatic rings. The van der Waals surface area contributed by atoms with Crippen LogP contribution in [0.4, 0.5) is 0 Å². The van der Waals surface area contributed by atoms with E-state index in [0.29, 0.717) is 12.1 Å². The first-order valence-electron chi connectivity index (χ1n) is 7.71. The zero-order valence-corrected chi connectivity index (χ0v) is 12.7. The third kappa shape index (κ3) is 3.21. The van der Waals surface area contributed by atoms with Crippen LogP contribution >= 0.6 is 11.3 Å². The quantitative estimate of drug-likeness (QED) is 0.888. The summed E-state index contributed by atoms with van der Waals surface area (Å²) >= 11 is 1.77. The van der Waals surface area contributed by atoms with Crippen LogP contribution < -0.4 is 5.32 Å².